The van der Waals surface area contributed by atoms with Crippen LogP contribution in [-0.2, 0) is 28.4 Å². The number of ether oxygens (including phenoxy) is 7. The van der Waals surface area contributed by atoms with Gasteiger partial charge in [0.15, 0.2) is 47.5 Å². The van der Waals surface area contributed by atoms with E-state index in [-0.39, 0.29) is 31.0 Å². The van der Waals surface area contributed by atoms with E-state index >= 15 is 0 Å². The molecular weight excluding hydrogens is 1140 g/mol. The van der Waals surface area contributed by atoms with Crippen LogP contribution in [0.3, 0.4) is 0 Å². The van der Waals surface area contributed by atoms with Crippen molar-refractivity contribution in [3.63, 3.8) is 0 Å². The lowest BCUT2D eigenvalue weighted by Gasteiger charge is -2.28. The van der Waals surface area contributed by atoms with Gasteiger partial charge in [-0.1, -0.05) is 50.2 Å². The predicted octanol–water partition coefficient (Wildman–Crippen LogP) is 6.88. The van der Waals surface area contributed by atoms with Gasteiger partial charge in [0.25, 0.3) is 0 Å². The molecule has 0 saturated carbocycles. The van der Waals surface area contributed by atoms with Crippen LogP contribution in [0, 0.1) is 0 Å². The number of morpholine rings is 3. The highest BCUT2D eigenvalue weighted by molar-refractivity contribution is 5.90. The first-order valence-electron chi connectivity index (χ1n) is 29.6. The van der Waals surface area contributed by atoms with Crippen molar-refractivity contribution in [2.24, 2.45) is 0 Å². The van der Waals surface area contributed by atoms with Gasteiger partial charge in [0.05, 0.1) is 76.0 Å². The zero-order valence-corrected chi connectivity index (χ0v) is 50.3. The van der Waals surface area contributed by atoms with Gasteiger partial charge >= 0.3 is 0 Å². The van der Waals surface area contributed by atoms with Crippen molar-refractivity contribution in [3.05, 3.63) is 126 Å². The van der Waals surface area contributed by atoms with Crippen LogP contribution < -0.4 is 19.4 Å². The third kappa shape index (κ3) is 15.5. The lowest BCUT2D eigenvalue weighted by atomic mass is 10.1. The van der Waals surface area contributed by atoms with Gasteiger partial charge in [-0.25, -0.2) is 29.9 Å². The van der Waals surface area contributed by atoms with E-state index in [2.05, 4.69) is 34.6 Å². The van der Waals surface area contributed by atoms with E-state index in [0.29, 0.717) is 146 Å². The van der Waals surface area contributed by atoms with E-state index in [1.54, 1.807) is 61.8 Å². The number of fused-ring (bicyclic) bond motifs is 3. The number of phenolic OH excluding ortho intramolecular Hbond substituents is 2. The average molecular weight is 1220 g/mol. The predicted molar refractivity (Wildman–Crippen MR) is 333 cm³/mol. The summed E-state index contributed by atoms with van der Waals surface area (Å²) in [5.74, 6) is 4.03. The van der Waals surface area contributed by atoms with Crippen LogP contribution in [0.5, 0.6) is 17.2 Å². The standard InChI is InChI=1S/C22H24N4O4.C21H24N4O5.C19H20N4O4.C2H6/c1-22(2)29-13-18(30-22)15-11-17-19(23-12-15)21(26-6-8-28-9-7-26)25-20(24-17)14-4-3-5-16(27)10-14;1-28-13-30-16-4-2-3-14(9-16)20-23-17-10-15(18(27)12-26)11-22-19(17)21(24-20)25-5-7-29-8-6-25;24-11-16(26)13-9-15-17(20-10-13)19(23-4-6-27-7-5-23)22-18(21-15)12-2-1-3-14(25)8-12;1-2/h3-5,10-12,18,27H,6-9,13H2,1-2H3;2-4,9-11,18,26-27H,5-8,12-13H2,1H3;1-3,8-10,16,24-26H,4-7,11H2;1-2H3. The maximum absolute atomic E-state index is 10.0. The number of pyridine rings is 3. The lowest BCUT2D eigenvalue weighted by Crippen LogP contribution is -2.37. The topological polar surface area (TPSA) is 312 Å². The molecule has 13 rings (SSSR count). The van der Waals surface area contributed by atoms with Gasteiger partial charge in [0.1, 0.15) is 52.1 Å². The van der Waals surface area contributed by atoms with Crippen molar-refractivity contribution in [2.45, 2.75) is 51.8 Å². The highest BCUT2D eigenvalue weighted by Crippen LogP contribution is 2.37. The molecule has 0 aliphatic carbocycles. The van der Waals surface area contributed by atoms with Crippen LogP contribution in [0.15, 0.2) is 110 Å². The number of anilines is 3. The fourth-order valence-corrected chi connectivity index (χ4v) is 10.2. The Kier molecular flexibility index (Phi) is 21.2. The van der Waals surface area contributed by atoms with Crippen molar-refractivity contribution >= 4 is 50.6 Å². The Morgan fingerprint density at radius 2 is 0.944 bits per heavy atom. The maximum atomic E-state index is 10.0. The molecule has 4 aliphatic heterocycles. The third-order valence-electron chi connectivity index (χ3n) is 14.7. The molecule has 3 unspecified atom stereocenters. The summed E-state index contributed by atoms with van der Waals surface area (Å²) in [6.07, 6.45) is 2.67. The summed E-state index contributed by atoms with van der Waals surface area (Å²) >= 11 is 0. The lowest BCUT2D eigenvalue weighted by molar-refractivity contribution is -0.139. The fourth-order valence-electron chi connectivity index (χ4n) is 10.2. The number of aliphatic hydroxyl groups is 4. The number of aromatic nitrogens is 9. The van der Waals surface area contributed by atoms with Crippen LogP contribution in [0.2, 0.25) is 0 Å². The average Bonchev–Trinajstić information content (AvgIpc) is 1.73. The van der Waals surface area contributed by atoms with Crippen LogP contribution in [0.4, 0.5) is 17.5 Å². The highest BCUT2D eigenvalue weighted by atomic mass is 16.7. The molecule has 10 heterocycles. The molecule has 6 aromatic heterocycles. The summed E-state index contributed by atoms with van der Waals surface area (Å²) in [5, 5.41) is 58.2. The first kappa shape index (κ1) is 63.5. The van der Waals surface area contributed by atoms with Gasteiger partial charge in [-0.05, 0) is 68.4 Å². The highest BCUT2D eigenvalue weighted by Gasteiger charge is 2.34. The minimum absolute atomic E-state index is 0.131. The number of benzene rings is 3. The summed E-state index contributed by atoms with van der Waals surface area (Å²) in [6.45, 7) is 15.6. The second-order valence-corrected chi connectivity index (χ2v) is 21.2. The molecule has 6 N–H and O–H groups in total. The quantitative estimate of drug-likeness (QED) is 0.0604. The normalized spacial score (nSPS) is 17.2. The smallest absolute Gasteiger partial charge is 0.188 e. The number of rotatable bonds is 14. The molecule has 25 heteroatoms. The van der Waals surface area contributed by atoms with Crippen LogP contribution >= 0.6 is 0 Å². The molecule has 4 saturated heterocycles. The zero-order valence-electron chi connectivity index (χ0n) is 50.3. The summed E-state index contributed by atoms with van der Waals surface area (Å²) in [4.78, 5) is 48.4. The van der Waals surface area contributed by atoms with Crippen molar-refractivity contribution in [1.29, 1.82) is 0 Å². The van der Waals surface area contributed by atoms with Gasteiger partial charge in [-0.2, -0.15) is 0 Å². The number of aromatic hydroxyl groups is 2. The van der Waals surface area contributed by atoms with E-state index < -0.39 is 24.6 Å². The van der Waals surface area contributed by atoms with E-state index in [9.17, 15) is 30.6 Å². The molecule has 0 amide bonds. The Balaban J connectivity index is 0.000000145. The Hall–Kier alpha value is -8.47. The summed E-state index contributed by atoms with van der Waals surface area (Å²) < 4.78 is 38.6. The number of hydrogen-bond acceptors (Lipinski definition) is 25. The first-order valence-corrected chi connectivity index (χ1v) is 29.6. The number of nitrogens with zero attached hydrogens (tertiary/aromatic N) is 12. The van der Waals surface area contributed by atoms with Gasteiger partial charge in [-0.15, -0.1) is 0 Å². The SMILES string of the molecule is CC.CC1(C)OCC(c2cnc3c(N4CCOCC4)nc(-c4cccc(O)c4)nc3c2)O1.COCOc1cccc(-c2nc(N3CCOCC3)c3ncc(C(O)CO)cc3n2)c1.OCC(O)c1cnc2c(N3CCOCC3)nc(-c3cccc(O)c3)nc2c1. The Bertz CT molecular complexity index is 3830. The Labute approximate surface area is 514 Å². The van der Waals surface area contributed by atoms with Crippen molar-refractivity contribution in [2.75, 3.05) is 127 Å². The van der Waals surface area contributed by atoms with Crippen molar-refractivity contribution in [1.82, 2.24) is 44.9 Å². The fraction of sp³-hybridized carbons (Fsp3) is 0.391. The molecule has 0 radical (unpaired) electrons. The van der Waals surface area contributed by atoms with Gasteiger partial charge < -0.3 is 78.5 Å². The molecule has 468 valence electrons. The second-order valence-electron chi connectivity index (χ2n) is 21.2. The summed E-state index contributed by atoms with van der Waals surface area (Å²) in [6, 6.07) is 26.6. The van der Waals surface area contributed by atoms with Gasteiger partial charge in [-0.3, -0.25) is 15.0 Å². The van der Waals surface area contributed by atoms with Crippen LogP contribution in [-0.4, -0.2) is 194 Å². The number of methoxy groups -OCH3 is 1. The van der Waals surface area contributed by atoms with Crippen LogP contribution in [0.25, 0.3) is 67.3 Å². The van der Waals surface area contributed by atoms with Gasteiger partial charge in [0, 0.05) is 98.3 Å². The molecule has 25 nitrogen and oxygen atoms in total. The zero-order chi connectivity index (χ0) is 62.4. The maximum Gasteiger partial charge on any atom is 0.188 e. The molecule has 4 fully saturated rings. The van der Waals surface area contributed by atoms with Gasteiger partial charge in [0.2, 0.25) is 0 Å². The third-order valence-corrected chi connectivity index (χ3v) is 14.7. The van der Waals surface area contributed by atoms with Crippen molar-refractivity contribution in [3.8, 4) is 51.4 Å². The summed E-state index contributed by atoms with van der Waals surface area (Å²) in [5.41, 5.74) is 8.00. The largest absolute Gasteiger partial charge is 0.508 e. The molecule has 9 aromatic rings. The Morgan fingerprint density at radius 3 is 1.34 bits per heavy atom. The summed E-state index contributed by atoms with van der Waals surface area (Å²) in [7, 11) is 1.57. The van der Waals surface area contributed by atoms with E-state index in [1.165, 1.54) is 6.20 Å². The molecular formula is C64H74N12O13. The van der Waals surface area contributed by atoms with E-state index in [4.69, 9.17) is 58.1 Å². The Morgan fingerprint density at radius 1 is 0.539 bits per heavy atom. The molecule has 0 bridgehead atoms. The van der Waals surface area contributed by atoms with E-state index in [0.717, 1.165) is 46.6 Å². The molecule has 0 spiro atoms. The minimum Gasteiger partial charge on any atom is -0.508 e. The second kappa shape index (κ2) is 29.7. The molecule has 89 heavy (non-hydrogen) atoms. The van der Waals surface area contributed by atoms with E-state index in [1.807, 2.05) is 76.4 Å². The number of phenols is 2. The first-order chi connectivity index (χ1) is 43.3. The number of aliphatic hydroxyl groups excluding tert-OH is 4. The molecule has 4 aliphatic rings. The minimum atomic E-state index is -1.02. The number of hydrogen-bond donors (Lipinski definition) is 6. The van der Waals surface area contributed by atoms with Crippen LogP contribution in [0.1, 0.15) is 62.7 Å². The van der Waals surface area contributed by atoms with Crippen molar-refractivity contribution < 1.29 is 63.8 Å². The molecule has 3 aromatic carbocycles. The monoisotopic (exact) mass is 1220 g/mol. The molecule has 3 atom stereocenters.